The molecular weight excluding hydrogens is 220 g/mol. The van der Waals surface area contributed by atoms with Gasteiger partial charge in [-0.15, -0.1) is 0 Å². The molecule has 0 fully saturated rings. The van der Waals surface area contributed by atoms with Crippen molar-refractivity contribution in [2.24, 2.45) is 5.92 Å². The summed E-state index contributed by atoms with van der Waals surface area (Å²) in [7, 11) is 0. The summed E-state index contributed by atoms with van der Waals surface area (Å²) in [4.78, 5) is 10.6. The van der Waals surface area contributed by atoms with E-state index >= 15 is 0 Å². The fourth-order valence-electron chi connectivity index (χ4n) is 2.06. The second-order valence-electron chi connectivity index (χ2n) is 5.03. The number of rotatable bonds is 4. The van der Waals surface area contributed by atoms with Crippen LogP contribution in [-0.4, -0.2) is 6.29 Å². The summed E-state index contributed by atoms with van der Waals surface area (Å²) in [6, 6.07) is 16.3. The van der Waals surface area contributed by atoms with Crippen molar-refractivity contribution in [2.75, 3.05) is 0 Å². The molecule has 0 saturated heterocycles. The third-order valence-electron chi connectivity index (χ3n) is 2.98. The van der Waals surface area contributed by atoms with Crippen molar-refractivity contribution in [2.45, 2.75) is 20.3 Å². The molecule has 0 spiro atoms. The molecule has 0 radical (unpaired) electrons. The Kier molecular flexibility index (Phi) is 3.93. The highest BCUT2D eigenvalue weighted by Gasteiger charge is 2.00. The van der Waals surface area contributed by atoms with E-state index in [9.17, 15) is 4.79 Å². The lowest BCUT2D eigenvalue weighted by atomic mass is 9.99. The van der Waals surface area contributed by atoms with Gasteiger partial charge in [0.25, 0.3) is 0 Å². The lowest BCUT2D eigenvalue weighted by Crippen LogP contribution is -1.93. The molecule has 0 amide bonds. The lowest BCUT2D eigenvalue weighted by Gasteiger charge is -2.07. The highest BCUT2D eigenvalue weighted by atomic mass is 16.1. The summed E-state index contributed by atoms with van der Waals surface area (Å²) in [5.74, 6) is 0.683. The fraction of sp³-hybridized carbons (Fsp3) is 0.235. The van der Waals surface area contributed by atoms with Gasteiger partial charge >= 0.3 is 0 Å². The zero-order valence-electron chi connectivity index (χ0n) is 10.9. The molecule has 0 aromatic heterocycles. The molecule has 0 aliphatic carbocycles. The average Bonchev–Trinajstić information content (AvgIpc) is 2.39. The van der Waals surface area contributed by atoms with Crippen molar-refractivity contribution in [1.82, 2.24) is 0 Å². The Balaban J connectivity index is 2.20. The van der Waals surface area contributed by atoms with Crippen molar-refractivity contribution in [3.8, 4) is 11.1 Å². The van der Waals surface area contributed by atoms with E-state index in [1.807, 2.05) is 24.3 Å². The smallest absolute Gasteiger partial charge is 0.150 e. The topological polar surface area (TPSA) is 17.1 Å². The number of aldehydes is 1. The Morgan fingerprint density at radius 3 is 1.83 bits per heavy atom. The maximum Gasteiger partial charge on any atom is 0.150 e. The zero-order valence-corrected chi connectivity index (χ0v) is 10.9. The summed E-state index contributed by atoms with van der Waals surface area (Å²) < 4.78 is 0. The van der Waals surface area contributed by atoms with Crippen LogP contribution in [0.4, 0.5) is 0 Å². The van der Waals surface area contributed by atoms with Gasteiger partial charge in [-0.05, 0) is 29.0 Å². The molecule has 92 valence electrons. The van der Waals surface area contributed by atoms with Crippen LogP contribution in [0, 0.1) is 5.92 Å². The molecule has 0 saturated carbocycles. The van der Waals surface area contributed by atoms with E-state index in [4.69, 9.17) is 0 Å². The predicted molar refractivity (Wildman–Crippen MR) is 75.8 cm³/mol. The molecule has 0 bridgehead atoms. The van der Waals surface area contributed by atoms with Gasteiger partial charge in [0.2, 0.25) is 0 Å². The van der Waals surface area contributed by atoms with Gasteiger partial charge in [0, 0.05) is 5.56 Å². The van der Waals surface area contributed by atoms with Gasteiger partial charge in [-0.2, -0.15) is 0 Å². The largest absolute Gasteiger partial charge is 0.298 e. The quantitative estimate of drug-likeness (QED) is 0.723. The SMILES string of the molecule is CC(C)Cc1ccc(-c2ccc(C=O)cc2)cc1. The molecule has 0 aliphatic rings. The molecule has 18 heavy (non-hydrogen) atoms. The molecule has 0 aliphatic heterocycles. The van der Waals surface area contributed by atoms with Crippen molar-refractivity contribution < 1.29 is 4.79 Å². The number of carbonyl (C=O) groups is 1. The molecule has 1 nitrogen and oxygen atoms in total. The summed E-state index contributed by atoms with van der Waals surface area (Å²) >= 11 is 0. The summed E-state index contributed by atoms with van der Waals surface area (Å²) in [5.41, 5.74) is 4.44. The highest BCUT2D eigenvalue weighted by Crippen LogP contribution is 2.21. The van der Waals surface area contributed by atoms with Gasteiger partial charge in [-0.25, -0.2) is 0 Å². The molecule has 1 heteroatoms. The minimum absolute atomic E-state index is 0.683. The summed E-state index contributed by atoms with van der Waals surface area (Å²) in [6.07, 6.45) is 1.99. The van der Waals surface area contributed by atoms with Crippen LogP contribution in [0.1, 0.15) is 29.8 Å². The van der Waals surface area contributed by atoms with Gasteiger partial charge in [0.05, 0.1) is 0 Å². The Hall–Kier alpha value is -1.89. The van der Waals surface area contributed by atoms with E-state index in [2.05, 4.69) is 38.1 Å². The van der Waals surface area contributed by atoms with Crippen LogP contribution >= 0.6 is 0 Å². The van der Waals surface area contributed by atoms with Gasteiger partial charge in [0.15, 0.2) is 0 Å². The molecule has 2 rings (SSSR count). The number of hydrogen-bond acceptors (Lipinski definition) is 1. The second-order valence-corrected chi connectivity index (χ2v) is 5.03. The molecular formula is C17H18O. The maximum atomic E-state index is 10.6. The average molecular weight is 238 g/mol. The van der Waals surface area contributed by atoms with Gasteiger partial charge in [0.1, 0.15) is 6.29 Å². The molecule has 0 N–H and O–H groups in total. The van der Waals surface area contributed by atoms with E-state index in [1.54, 1.807) is 0 Å². The maximum absolute atomic E-state index is 10.6. The number of carbonyl (C=O) groups excluding carboxylic acids is 1. The summed E-state index contributed by atoms with van der Waals surface area (Å²) in [5, 5.41) is 0. The van der Waals surface area contributed by atoms with Crippen LogP contribution in [0.5, 0.6) is 0 Å². The highest BCUT2D eigenvalue weighted by molar-refractivity contribution is 5.76. The van der Waals surface area contributed by atoms with E-state index in [0.717, 1.165) is 23.8 Å². The third kappa shape index (κ3) is 3.07. The van der Waals surface area contributed by atoms with Gasteiger partial charge < -0.3 is 0 Å². The number of hydrogen-bond donors (Lipinski definition) is 0. The minimum Gasteiger partial charge on any atom is -0.298 e. The standard InChI is InChI=1S/C17H18O/c1-13(2)11-14-3-7-16(8-4-14)17-9-5-15(12-18)6-10-17/h3-10,12-13H,11H2,1-2H3. The predicted octanol–water partition coefficient (Wildman–Crippen LogP) is 4.36. The van der Waals surface area contributed by atoms with Gasteiger partial charge in [-0.1, -0.05) is 62.4 Å². The van der Waals surface area contributed by atoms with Crippen molar-refractivity contribution in [3.05, 3.63) is 59.7 Å². The lowest BCUT2D eigenvalue weighted by molar-refractivity contribution is 0.112. The molecule has 2 aromatic rings. The van der Waals surface area contributed by atoms with E-state index in [1.165, 1.54) is 11.1 Å². The first-order valence-electron chi connectivity index (χ1n) is 6.33. The first kappa shape index (κ1) is 12.6. The van der Waals surface area contributed by atoms with Crippen molar-refractivity contribution in [3.63, 3.8) is 0 Å². The third-order valence-corrected chi connectivity index (χ3v) is 2.98. The van der Waals surface area contributed by atoms with Crippen LogP contribution in [0.2, 0.25) is 0 Å². The molecule has 0 heterocycles. The number of benzene rings is 2. The zero-order chi connectivity index (χ0) is 13.0. The normalized spacial score (nSPS) is 10.6. The van der Waals surface area contributed by atoms with Crippen molar-refractivity contribution in [1.29, 1.82) is 0 Å². The van der Waals surface area contributed by atoms with E-state index < -0.39 is 0 Å². The fourth-order valence-corrected chi connectivity index (χ4v) is 2.06. The molecule has 0 atom stereocenters. The first-order chi connectivity index (χ1) is 8.69. The van der Waals surface area contributed by atoms with Crippen LogP contribution < -0.4 is 0 Å². The van der Waals surface area contributed by atoms with Gasteiger partial charge in [-0.3, -0.25) is 4.79 Å². The van der Waals surface area contributed by atoms with Crippen LogP contribution in [-0.2, 0) is 6.42 Å². The second kappa shape index (κ2) is 5.63. The van der Waals surface area contributed by atoms with Crippen LogP contribution in [0.3, 0.4) is 0 Å². The molecule has 0 unspecified atom stereocenters. The monoisotopic (exact) mass is 238 g/mol. The van der Waals surface area contributed by atoms with Crippen molar-refractivity contribution >= 4 is 6.29 Å². The Morgan fingerprint density at radius 2 is 1.39 bits per heavy atom. The first-order valence-corrected chi connectivity index (χ1v) is 6.33. The Labute approximate surface area is 108 Å². The van der Waals surface area contributed by atoms with Crippen LogP contribution in [0.15, 0.2) is 48.5 Å². The molecule has 2 aromatic carbocycles. The Bertz CT molecular complexity index is 506. The Morgan fingerprint density at radius 1 is 0.889 bits per heavy atom. The summed E-state index contributed by atoms with van der Waals surface area (Å²) in [6.45, 7) is 4.46. The van der Waals surface area contributed by atoms with E-state index in [0.29, 0.717) is 5.92 Å². The van der Waals surface area contributed by atoms with E-state index in [-0.39, 0.29) is 0 Å². The minimum atomic E-state index is 0.683. The van der Waals surface area contributed by atoms with Crippen LogP contribution in [0.25, 0.3) is 11.1 Å².